The van der Waals surface area contributed by atoms with E-state index < -0.39 is 0 Å². The number of anilines is 1. The van der Waals surface area contributed by atoms with E-state index in [1.165, 1.54) is 4.68 Å². The summed E-state index contributed by atoms with van der Waals surface area (Å²) in [5.74, 6) is -0.263. The average Bonchev–Trinajstić information content (AvgIpc) is 2.75. The molecule has 1 heterocycles. The molecule has 0 saturated heterocycles. The minimum atomic E-state index is -0.263. The topological polar surface area (TPSA) is 76.9 Å². The maximum Gasteiger partial charge on any atom is 0.246 e. The summed E-state index contributed by atoms with van der Waals surface area (Å²) in [5, 5.41) is 10.7. The van der Waals surface area contributed by atoms with E-state index in [1.54, 1.807) is 19.1 Å². The van der Waals surface area contributed by atoms with Gasteiger partial charge in [-0.2, -0.15) is 0 Å². The fraction of sp³-hybridized carbons (Fsp3) is 0.231. The largest absolute Gasteiger partial charge is 0.324 e. The summed E-state index contributed by atoms with van der Waals surface area (Å²) in [4.78, 5) is 22.6. The molecule has 104 valence electrons. The van der Waals surface area contributed by atoms with Gasteiger partial charge < -0.3 is 5.32 Å². The van der Waals surface area contributed by atoms with Gasteiger partial charge >= 0.3 is 0 Å². The molecular formula is C13H13ClN4O2. The summed E-state index contributed by atoms with van der Waals surface area (Å²) in [5.41, 5.74) is 2.34. The van der Waals surface area contributed by atoms with Crippen molar-refractivity contribution < 1.29 is 9.59 Å². The summed E-state index contributed by atoms with van der Waals surface area (Å²) in [6.07, 6.45) is 0.609. The lowest BCUT2D eigenvalue weighted by molar-refractivity contribution is -0.117. The van der Waals surface area contributed by atoms with Crippen LogP contribution in [0.25, 0.3) is 0 Å². The Morgan fingerprint density at radius 2 is 2.20 bits per heavy atom. The molecule has 0 aliphatic heterocycles. The minimum absolute atomic E-state index is 0.0153. The number of carbonyl (C=O) groups excluding carboxylic acids is 2. The van der Waals surface area contributed by atoms with E-state index in [4.69, 9.17) is 11.6 Å². The number of nitrogens with zero attached hydrogens (tertiary/aromatic N) is 3. The SMILES string of the molecule is Cc1ccc(Cl)cc1NC(=O)Cn1nnc(C=O)c1C. The molecule has 0 bridgehead atoms. The Labute approximate surface area is 120 Å². The van der Waals surface area contributed by atoms with Crippen molar-refractivity contribution in [2.75, 3.05) is 5.32 Å². The minimum Gasteiger partial charge on any atom is -0.324 e. The van der Waals surface area contributed by atoms with Crippen LogP contribution in [0.4, 0.5) is 5.69 Å². The maximum atomic E-state index is 12.0. The summed E-state index contributed by atoms with van der Waals surface area (Å²) in [6.45, 7) is 3.54. The van der Waals surface area contributed by atoms with Gasteiger partial charge in [-0.3, -0.25) is 9.59 Å². The van der Waals surface area contributed by atoms with Gasteiger partial charge in [0.15, 0.2) is 6.29 Å². The van der Waals surface area contributed by atoms with Crippen molar-refractivity contribution in [2.24, 2.45) is 0 Å². The van der Waals surface area contributed by atoms with E-state index >= 15 is 0 Å². The molecule has 0 radical (unpaired) electrons. The Morgan fingerprint density at radius 3 is 2.85 bits per heavy atom. The zero-order chi connectivity index (χ0) is 14.7. The molecule has 0 spiro atoms. The van der Waals surface area contributed by atoms with Gasteiger partial charge in [0.25, 0.3) is 0 Å². The molecular weight excluding hydrogens is 280 g/mol. The highest BCUT2D eigenvalue weighted by atomic mass is 35.5. The molecule has 6 nitrogen and oxygen atoms in total. The third-order valence-electron chi connectivity index (χ3n) is 2.90. The Balaban J connectivity index is 2.11. The van der Waals surface area contributed by atoms with Crippen LogP contribution in [0.2, 0.25) is 5.02 Å². The van der Waals surface area contributed by atoms with Crippen molar-refractivity contribution in [3.63, 3.8) is 0 Å². The number of benzene rings is 1. The molecule has 1 amide bonds. The van der Waals surface area contributed by atoms with Crippen LogP contribution in [0, 0.1) is 13.8 Å². The van der Waals surface area contributed by atoms with Crippen LogP contribution in [0.5, 0.6) is 0 Å². The second kappa shape index (κ2) is 5.83. The van der Waals surface area contributed by atoms with Crippen LogP contribution in [0.1, 0.15) is 21.7 Å². The third kappa shape index (κ3) is 3.03. The third-order valence-corrected chi connectivity index (χ3v) is 3.13. The first-order valence-corrected chi connectivity index (χ1v) is 6.30. The van der Waals surface area contributed by atoms with Crippen LogP contribution in [-0.4, -0.2) is 27.2 Å². The van der Waals surface area contributed by atoms with Gasteiger partial charge in [-0.1, -0.05) is 22.9 Å². The number of carbonyl (C=O) groups is 2. The zero-order valence-corrected chi connectivity index (χ0v) is 11.8. The molecule has 7 heteroatoms. The number of hydrogen-bond acceptors (Lipinski definition) is 4. The highest BCUT2D eigenvalue weighted by Gasteiger charge is 2.12. The molecule has 1 aromatic heterocycles. The molecule has 2 aromatic rings. The number of aromatic nitrogens is 3. The number of amides is 1. The number of aldehydes is 1. The second-order valence-electron chi connectivity index (χ2n) is 4.34. The van der Waals surface area contributed by atoms with Crippen molar-refractivity contribution in [3.05, 3.63) is 40.2 Å². The first-order chi connectivity index (χ1) is 9.51. The van der Waals surface area contributed by atoms with E-state index in [9.17, 15) is 9.59 Å². The molecule has 0 unspecified atom stereocenters. The summed E-state index contributed by atoms with van der Waals surface area (Å²) in [7, 11) is 0. The Morgan fingerprint density at radius 1 is 1.45 bits per heavy atom. The van der Waals surface area contributed by atoms with Crippen LogP contribution in [-0.2, 0) is 11.3 Å². The normalized spacial score (nSPS) is 10.3. The van der Waals surface area contributed by atoms with E-state index in [-0.39, 0.29) is 18.1 Å². The van der Waals surface area contributed by atoms with Gasteiger partial charge in [-0.25, -0.2) is 4.68 Å². The first-order valence-electron chi connectivity index (χ1n) is 5.92. The predicted molar refractivity (Wildman–Crippen MR) is 75.0 cm³/mol. The van der Waals surface area contributed by atoms with Crippen LogP contribution >= 0.6 is 11.6 Å². The van der Waals surface area contributed by atoms with E-state index in [2.05, 4.69) is 15.6 Å². The van der Waals surface area contributed by atoms with Crippen molar-refractivity contribution >= 4 is 29.5 Å². The summed E-state index contributed by atoms with van der Waals surface area (Å²) >= 11 is 5.89. The lowest BCUT2D eigenvalue weighted by Crippen LogP contribution is -2.20. The first kappa shape index (κ1) is 14.2. The van der Waals surface area contributed by atoms with Gasteiger partial charge in [0.05, 0.1) is 5.69 Å². The highest BCUT2D eigenvalue weighted by Crippen LogP contribution is 2.20. The molecule has 0 aliphatic rings. The van der Waals surface area contributed by atoms with Crippen LogP contribution in [0.15, 0.2) is 18.2 Å². The van der Waals surface area contributed by atoms with Crippen molar-refractivity contribution in [3.8, 4) is 0 Å². The smallest absolute Gasteiger partial charge is 0.246 e. The van der Waals surface area contributed by atoms with E-state index in [0.29, 0.717) is 22.7 Å². The molecule has 0 atom stereocenters. The molecule has 0 saturated carbocycles. The van der Waals surface area contributed by atoms with E-state index in [0.717, 1.165) is 5.56 Å². The summed E-state index contributed by atoms with van der Waals surface area (Å²) in [6, 6.07) is 5.26. The van der Waals surface area contributed by atoms with Crippen LogP contribution < -0.4 is 5.32 Å². The standard InChI is InChI=1S/C13H13ClN4O2/c1-8-3-4-10(14)5-11(8)15-13(20)6-18-9(2)12(7-19)16-17-18/h3-5,7H,6H2,1-2H3,(H,15,20). The Bertz CT molecular complexity index is 666. The highest BCUT2D eigenvalue weighted by molar-refractivity contribution is 6.31. The fourth-order valence-corrected chi connectivity index (χ4v) is 1.86. The molecule has 1 aromatic carbocycles. The molecule has 1 N–H and O–H groups in total. The lowest BCUT2D eigenvalue weighted by atomic mass is 10.2. The lowest BCUT2D eigenvalue weighted by Gasteiger charge is -2.09. The number of halogens is 1. The molecule has 20 heavy (non-hydrogen) atoms. The average molecular weight is 293 g/mol. The zero-order valence-electron chi connectivity index (χ0n) is 11.1. The fourth-order valence-electron chi connectivity index (χ4n) is 1.69. The molecule has 2 rings (SSSR count). The van der Waals surface area contributed by atoms with Crippen molar-refractivity contribution in [1.82, 2.24) is 15.0 Å². The summed E-state index contributed by atoms with van der Waals surface area (Å²) < 4.78 is 1.37. The van der Waals surface area contributed by atoms with E-state index in [1.807, 2.05) is 13.0 Å². The van der Waals surface area contributed by atoms with Crippen molar-refractivity contribution in [1.29, 1.82) is 0 Å². The van der Waals surface area contributed by atoms with Crippen molar-refractivity contribution in [2.45, 2.75) is 20.4 Å². The van der Waals surface area contributed by atoms with Gasteiger partial charge in [-0.05, 0) is 31.5 Å². The van der Waals surface area contributed by atoms with Gasteiger partial charge in [0.2, 0.25) is 5.91 Å². The maximum absolute atomic E-state index is 12.0. The van der Waals surface area contributed by atoms with Gasteiger partial charge in [0.1, 0.15) is 12.2 Å². The number of hydrogen-bond donors (Lipinski definition) is 1. The monoisotopic (exact) mass is 292 g/mol. The molecule has 0 aliphatic carbocycles. The molecule has 0 fully saturated rings. The quantitative estimate of drug-likeness (QED) is 0.874. The predicted octanol–water partition coefficient (Wildman–Crippen LogP) is 2.00. The van der Waals surface area contributed by atoms with Crippen LogP contribution in [0.3, 0.4) is 0 Å². The number of rotatable bonds is 4. The second-order valence-corrected chi connectivity index (χ2v) is 4.78. The number of nitrogens with one attached hydrogen (secondary N) is 1. The number of aryl methyl sites for hydroxylation is 1. The Hall–Kier alpha value is -2.21. The van der Waals surface area contributed by atoms with Gasteiger partial charge in [0, 0.05) is 10.7 Å². The van der Waals surface area contributed by atoms with Gasteiger partial charge in [-0.15, -0.1) is 5.10 Å². The Kier molecular flexibility index (Phi) is 4.14.